The summed E-state index contributed by atoms with van der Waals surface area (Å²) in [5.41, 5.74) is 3.08. The Hall–Kier alpha value is -3.26. The number of carbonyl (C=O) groups is 2. The molecule has 0 spiro atoms. The minimum Gasteiger partial charge on any atom is -0.493 e. The van der Waals surface area contributed by atoms with Crippen LogP contribution in [-0.4, -0.2) is 40.2 Å². The van der Waals surface area contributed by atoms with Gasteiger partial charge < -0.3 is 24.3 Å². The molecule has 0 saturated carbocycles. The van der Waals surface area contributed by atoms with Crippen molar-refractivity contribution in [3.63, 3.8) is 0 Å². The Bertz CT molecular complexity index is 1150. The molecule has 0 bridgehead atoms. The van der Waals surface area contributed by atoms with Crippen molar-refractivity contribution < 1.29 is 28.5 Å². The van der Waals surface area contributed by atoms with Crippen LogP contribution in [0.2, 0.25) is 0 Å². The molecule has 2 heterocycles. The molecule has 2 atom stereocenters. The number of rotatable bonds is 6. The molecular weight excluding hydrogens is 442 g/mol. The van der Waals surface area contributed by atoms with Gasteiger partial charge in [-0.25, -0.2) is 4.79 Å². The number of nitrogens with one attached hydrogen (secondary N) is 1. The highest BCUT2D eigenvalue weighted by molar-refractivity contribution is 7.10. The Labute approximate surface area is 197 Å². The zero-order valence-electron chi connectivity index (χ0n) is 19.3. The Morgan fingerprint density at radius 3 is 2.39 bits per heavy atom. The molecular formula is C25H27NO6S. The summed E-state index contributed by atoms with van der Waals surface area (Å²) in [4.78, 5) is 27.7. The molecule has 1 N–H and O–H groups in total. The van der Waals surface area contributed by atoms with Crippen molar-refractivity contribution >= 4 is 23.1 Å². The zero-order chi connectivity index (χ0) is 23.7. The first-order chi connectivity index (χ1) is 15.9. The molecule has 7 nitrogen and oxygen atoms in total. The second-order valence-electron chi connectivity index (χ2n) is 7.95. The maximum Gasteiger partial charge on any atom is 0.336 e. The third-order valence-corrected chi connectivity index (χ3v) is 7.26. The summed E-state index contributed by atoms with van der Waals surface area (Å²) in [7, 11) is 5.93. The maximum absolute atomic E-state index is 13.6. The van der Waals surface area contributed by atoms with Crippen molar-refractivity contribution in [3.8, 4) is 17.2 Å². The van der Waals surface area contributed by atoms with Gasteiger partial charge in [0.15, 0.2) is 17.3 Å². The minimum atomic E-state index is -0.653. The van der Waals surface area contributed by atoms with Crippen LogP contribution in [0.3, 0.4) is 0 Å². The molecule has 1 aliphatic heterocycles. The molecule has 174 valence electrons. The van der Waals surface area contributed by atoms with E-state index in [2.05, 4.69) is 11.4 Å². The van der Waals surface area contributed by atoms with E-state index in [1.165, 1.54) is 26.2 Å². The lowest BCUT2D eigenvalue weighted by Crippen LogP contribution is -2.36. The summed E-state index contributed by atoms with van der Waals surface area (Å²) in [5, 5.41) is 5.36. The quantitative estimate of drug-likeness (QED) is 0.631. The van der Waals surface area contributed by atoms with Crippen LogP contribution in [0.5, 0.6) is 17.2 Å². The molecule has 1 aromatic heterocycles. The van der Waals surface area contributed by atoms with E-state index >= 15 is 0 Å². The predicted octanol–water partition coefficient (Wildman–Crippen LogP) is 4.31. The van der Waals surface area contributed by atoms with Gasteiger partial charge in [0.1, 0.15) is 0 Å². The summed E-state index contributed by atoms with van der Waals surface area (Å²) >= 11 is 1.65. The molecule has 0 saturated heterocycles. The van der Waals surface area contributed by atoms with Crippen molar-refractivity contribution in [3.05, 3.63) is 62.6 Å². The monoisotopic (exact) mass is 469 g/mol. The lowest BCUT2D eigenvalue weighted by molar-refractivity contribution is -0.136. The number of ether oxygens (including phenoxy) is 4. The average Bonchev–Trinajstić information content (AvgIpc) is 3.36. The van der Waals surface area contributed by atoms with Gasteiger partial charge in [-0.05, 0) is 30.9 Å². The van der Waals surface area contributed by atoms with Crippen molar-refractivity contribution in [2.75, 3.05) is 28.4 Å². The van der Waals surface area contributed by atoms with Gasteiger partial charge in [0.05, 0.1) is 39.9 Å². The molecule has 2 aromatic rings. The van der Waals surface area contributed by atoms with Crippen LogP contribution in [0, 0.1) is 0 Å². The smallest absolute Gasteiger partial charge is 0.336 e. The first kappa shape index (κ1) is 22.9. The van der Waals surface area contributed by atoms with Crippen LogP contribution in [0.25, 0.3) is 0 Å². The third kappa shape index (κ3) is 3.88. The number of carbonyl (C=O) groups excluding carboxylic acids is 2. The number of ketones is 1. The van der Waals surface area contributed by atoms with E-state index in [1.807, 2.05) is 24.4 Å². The average molecular weight is 470 g/mol. The first-order valence-corrected chi connectivity index (χ1v) is 11.5. The standard InChI is InChI=1S/C25H27NO6S/c1-13-20(25(28)32-5)21(15-8-9-18(29-2)24(31-4)23(15)30-3)22-16(26-13)11-14(12-17(22)27)19-7-6-10-33-19/h6-10,14,21,26H,11-12H2,1-5H3/t14-,21+/m0/s1. The van der Waals surface area contributed by atoms with Gasteiger partial charge in [0.2, 0.25) is 5.75 Å². The molecule has 0 unspecified atom stereocenters. The predicted molar refractivity (Wildman–Crippen MR) is 125 cm³/mol. The molecule has 1 aliphatic carbocycles. The third-order valence-electron chi connectivity index (χ3n) is 6.22. The van der Waals surface area contributed by atoms with Crippen molar-refractivity contribution in [1.82, 2.24) is 5.32 Å². The van der Waals surface area contributed by atoms with E-state index < -0.39 is 11.9 Å². The summed E-state index contributed by atoms with van der Waals surface area (Å²) in [6.45, 7) is 1.83. The molecule has 33 heavy (non-hydrogen) atoms. The minimum absolute atomic E-state index is 0.00195. The largest absolute Gasteiger partial charge is 0.493 e. The van der Waals surface area contributed by atoms with E-state index in [4.69, 9.17) is 18.9 Å². The van der Waals surface area contributed by atoms with Gasteiger partial charge in [-0.3, -0.25) is 4.79 Å². The van der Waals surface area contributed by atoms with Crippen LogP contribution in [0.1, 0.15) is 42.0 Å². The van der Waals surface area contributed by atoms with Gasteiger partial charge in [-0.15, -0.1) is 11.3 Å². The molecule has 1 aromatic carbocycles. The van der Waals surface area contributed by atoms with E-state index in [-0.39, 0.29) is 11.7 Å². The van der Waals surface area contributed by atoms with Gasteiger partial charge in [0.25, 0.3) is 0 Å². The fraction of sp³-hybridized carbons (Fsp3) is 0.360. The van der Waals surface area contributed by atoms with Crippen LogP contribution < -0.4 is 19.5 Å². The van der Waals surface area contributed by atoms with Gasteiger partial charge in [0, 0.05) is 39.7 Å². The number of esters is 1. The Morgan fingerprint density at radius 1 is 1.03 bits per heavy atom. The molecule has 0 amide bonds. The normalized spacial score (nSPS) is 20.2. The second-order valence-corrected chi connectivity index (χ2v) is 8.93. The summed E-state index contributed by atoms with van der Waals surface area (Å²) in [6, 6.07) is 7.63. The molecule has 4 rings (SSSR count). The Balaban J connectivity index is 1.92. The lowest BCUT2D eigenvalue weighted by Gasteiger charge is -2.36. The summed E-state index contributed by atoms with van der Waals surface area (Å²) in [5.74, 6) is 0.260. The van der Waals surface area contributed by atoms with Gasteiger partial charge >= 0.3 is 5.97 Å². The van der Waals surface area contributed by atoms with Crippen LogP contribution in [0.15, 0.2) is 52.2 Å². The van der Waals surface area contributed by atoms with E-state index in [9.17, 15) is 9.59 Å². The number of benzene rings is 1. The van der Waals surface area contributed by atoms with Crippen molar-refractivity contribution in [2.24, 2.45) is 0 Å². The fourth-order valence-corrected chi connectivity index (χ4v) is 5.64. The number of dihydropyridines is 1. The topological polar surface area (TPSA) is 83.1 Å². The fourth-order valence-electron chi connectivity index (χ4n) is 4.81. The van der Waals surface area contributed by atoms with Crippen molar-refractivity contribution in [1.29, 1.82) is 0 Å². The zero-order valence-corrected chi connectivity index (χ0v) is 20.1. The van der Waals surface area contributed by atoms with Crippen molar-refractivity contribution in [2.45, 2.75) is 31.6 Å². The molecule has 0 fully saturated rings. The first-order valence-electron chi connectivity index (χ1n) is 10.6. The van der Waals surface area contributed by atoms with E-state index in [0.717, 1.165) is 5.70 Å². The van der Waals surface area contributed by atoms with Gasteiger partial charge in [-0.2, -0.15) is 0 Å². The number of thiophene rings is 1. The molecule has 0 radical (unpaired) electrons. The second kappa shape index (κ2) is 9.31. The molecule has 8 heteroatoms. The van der Waals surface area contributed by atoms with Crippen LogP contribution in [0.4, 0.5) is 0 Å². The summed E-state index contributed by atoms with van der Waals surface area (Å²) in [6.07, 6.45) is 1.06. The highest BCUT2D eigenvalue weighted by Gasteiger charge is 2.43. The van der Waals surface area contributed by atoms with Crippen LogP contribution in [-0.2, 0) is 14.3 Å². The SMILES string of the molecule is COC(=O)C1=C(C)NC2=C(C(=O)C[C@@H](c3cccs3)C2)[C@@H]1c1ccc(OC)c(OC)c1OC. The van der Waals surface area contributed by atoms with E-state index in [1.54, 1.807) is 24.5 Å². The van der Waals surface area contributed by atoms with Gasteiger partial charge in [-0.1, -0.05) is 12.1 Å². The Kier molecular flexibility index (Phi) is 6.47. The van der Waals surface area contributed by atoms with E-state index in [0.29, 0.717) is 52.5 Å². The lowest BCUT2D eigenvalue weighted by atomic mass is 9.72. The molecule has 2 aliphatic rings. The number of methoxy groups -OCH3 is 4. The highest BCUT2D eigenvalue weighted by Crippen LogP contribution is 2.51. The number of allylic oxidation sites excluding steroid dienone is 3. The maximum atomic E-state index is 13.6. The highest BCUT2D eigenvalue weighted by atomic mass is 32.1. The number of Topliss-reactive ketones (excluding diaryl/α,β-unsaturated/α-hetero) is 1. The number of hydrogen-bond donors (Lipinski definition) is 1. The number of hydrogen-bond acceptors (Lipinski definition) is 8. The van der Waals surface area contributed by atoms with Crippen LogP contribution >= 0.6 is 11.3 Å². The Morgan fingerprint density at radius 2 is 1.79 bits per heavy atom. The summed E-state index contributed by atoms with van der Waals surface area (Å²) < 4.78 is 21.8.